The van der Waals surface area contributed by atoms with Gasteiger partial charge in [-0.15, -0.1) is 0 Å². The van der Waals surface area contributed by atoms with Crippen molar-refractivity contribution in [2.45, 2.75) is 6.92 Å². The Morgan fingerprint density at radius 2 is 2.18 bits per heavy atom. The molecule has 0 saturated heterocycles. The SMILES string of the molecule is Cc1nccc(-c2cccc(NC(N)=S)c2)n1. The molecular weight excluding hydrogens is 232 g/mol. The van der Waals surface area contributed by atoms with Crippen molar-refractivity contribution in [1.82, 2.24) is 9.97 Å². The summed E-state index contributed by atoms with van der Waals surface area (Å²) in [7, 11) is 0. The van der Waals surface area contributed by atoms with E-state index < -0.39 is 0 Å². The molecule has 0 radical (unpaired) electrons. The summed E-state index contributed by atoms with van der Waals surface area (Å²) < 4.78 is 0. The van der Waals surface area contributed by atoms with E-state index in [0.29, 0.717) is 0 Å². The van der Waals surface area contributed by atoms with Crippen molar-refractivity contribution in [3.8, 4) is 11.3 Å². The largest absolute Gasteiger partial charge is 0.376 e. The molecule has 17 heavy (non-hydrogen) atoms. The van der Waals surface area contributed by atoms with Crippen molar-refractivity contribution in [2.24, 2.45) is 5.73 Å². The maximum Gasteiger partial charge on any atom is 0.168 e. The normalized spacial score (nSPS) is 9.94. The lowest BCUT2D eigenvalue weighted by molar-refractivity contribution is 1.06. The molecule has 5 heteroatoms. The minimum Gasteiger partial charge on any atom is -0.376 e. The zero-order valence-corrected chi connectivity index (χ0v) is 10.2. The molecule has 3 N–H and O–H groups in total. The van der Waals surface area contributed by atoms with Crippen LogP contribution in [0.2, 0.25) is 0 Å². The first-order valence-corrected chi connectivity index (χ1v) is 5.52. The van der Waals surface area contributed by atoms with Crippen LogP contribution in [0.4, 0.5) is 5.69 Å². The molecule has 0 amide bonds. The molecule has 0 fully saturated rings. The summed E-state index contributed by atoms with van der Waals surface area (Å²) in [6.45, 7) is 1.86. The van der Waals surface area contributed by atoms with Gasteiger partial charge in [0.15, 0.2) is 5.11 Å². The van der Waals surface area contributed by atoms with Gasteiger partial charge in [0, 0.05) is 17.4 Å². The quantitative estimate of drug-likeness (QED) is 0.792. The molecule has 2 aromatic rings. The van der Waals surface area contributed by atoms with Gasteiger partial charge < -0.3 is 11.1 Å². The summed E-state index contributed by atoms with van der Waals surface area (Å²) in [5.74, 6) is 0.746. The monoisotopic (exact) mass is 244 g/mol. The van der Waals surface area contributed by atoms with Crippen LogP contribution < -0.4 is 11.1 Å². The fraction of sp³-hybridized carbons (Fsp3) is 0.0833. The summed E-state index contributed by atoms with van der Waals surface area (Å²) in [5.41, 5.74) is 8.16. The number of hydrogen-bond donors (Lipinski definition) is 2. The molecule has 1 aromatic heterocycles. The predicted molar refractivity (Wildman–Crippen MR) is 72.6 cm³/mol. The summed E-state index contributed by atoms with van der Waals surface area (Å²) in [6.07, 6.45) is 1.74. The molecule has 0 aliphatic heterocycles. The molecule has 0 unspecified atom stereocenters. The Morgan fingerprint density at radius 3 is 2.88 bits per heavy atom. The Balaban J connectivity index is 2.36. The summed E-state index contributed by atoms with van der Waals surface area (Å²) >= 11 is 4.80. The molecule has 86 valence electrons. The number of rotatable bonds is 2. The van der Waals surface area contributed by atoms with Crippen molar-refractivity contribution in [1.29, 1.82) is 0 Å². The third-order valence-electron chi connectivity index (χ3n) is 2.20. The van der Waals surface area contributed by atoms with Crippen molar-refractivity contribution in [2.75, 3.05) is 5.32 Å². The lowest BCUT2D eigenvalue weighted by Gasteiger charge is -2.06. The fourth-order valence-corrected chi connectivity index (χ4v) is 1.63. The zero-order valence-electron chi connectivity index (χ0n) is 9.34. The lowest BCUT2D eigenvalue weighted by Crippen LogP contribution is -2.18. The Bertz CT molecular complexity index is 554. The number of nitrogens with two attached hydrogens (primary N) is 1. The van der Waals surface area contributed by atoms with Crippen LogP contribution in [0.25, 0.3) is 11.3 Å². The van der Waals surface area contributed by atoms with E-state index in [1.54, 1.807) is 6.20 Å². The molecule has 0 aliphatic carbocycles. The second-order valence-electron chi connectivity index (χ2n) is 3.56. The van der Waals surface area contributed by atoms with Crippen LogP contribution in [0, 0.1) is 6.92 Å². The van der Waals surface area contributed by atoms with Gasteiger partial charge in [0.05, 0.1) is 5.69 Å². The molecule has 2 rings (SSSR count). The first kappa shape index (κ1) is 11.5. The maximum absolute atomic E-state index is 5.43. The highest BCUT2D eigenvalue weighted by Crippen LogP contribution is 2.20. The number of hydrogen-bond acceptors (Lipinski definition) is 3. The Hall–Kier alpha value is -2.01. The van der Waals surface area contributed by atoms with E-state index in [9.17, 15) is 0 Å². The van der Waals surface area contributed by atoms with E-state index in [1.165, 1.54) is 0 Å². The molecular formula is C12H12N4S. The van der Waals surface area contributed by atoms with Crippen LogP contribution in [0.1, 0.15) is 5.82 Å². The first-order valence-electron chi connectivity index (χ1n) is 5.12. The number of anilines is 1. The van der Waals surface area contributed by atoms with E-state index in [2.05, 4.69) is 15.3 Å². The molecule has 0 atom stereocenters. The Kier molecular flexibility index (Phi) is 3.30. The van der Waals surface area contributed by atoms with Gasteiger partial charge in [0.25, 0.3) is 0 Å². The van der Waals surface area contributed by atoms with Crippen LogP contribution in [0.5, 0.6) is 0 Å². The minimum absolute atomic E-state index is 0.251. The van der Waals surface area contributed by atoms with Crippen LogP contribution in [0.3, 0.4) is 0 Å². The predicted octanol–water partition coefficient (Wildman–Crippen LogP) is 2.11. The number of nitrogens with zero attached hydrogens (tertiary/aromatic N) is 2. The summed E-state index contributed by atoms with van der Waals surface area (Å²) in [4.78, 5) is 8.43. The molecule has 1 heterocycles. The second kappa shape index (κ2) is 4.88. The van der Waals surface area contributed by atoms with Gasteiger partial charge in [0.2, 0.25) is 0 Å². The standard InChI is InChI=1S/C12H12N4S/c1-8-14-6-5-11(15-8)9-3-2-4-10(7-9)16-12(13)17/h2-7H,1H3,(H3,13,16,17). The average Bonchev–Trinajstić information content (AvgIpc) is 2.28. The highest BCUT2D eigenvalue weighted by molar-refractivity contribution is 7.80. The number of aryl methyl sites for hydroxylation is 1. The van der Waals surface area contributed by atoms with Crippen molar-refractivity contribution in [3.63, 3.8) is 0 Å². The third kappa shape index (κ3) is 2.98. The molecule has 0 aliphatic rings. The number of benzene rings is 1. The summed E-state index contributed by atoms with van der Waals surface area (Å²) in [6, 6.07) is 9.62. The number of nitrogens with one attached hydrogen (secondary N) is 1. The van der Waals surface area contributed by atoms with Gasteiger partial charge in [-0.1, -0.05) is 12.1 Å². The summed E-state index contributed by atoms with van der Waals surface area (Å²) in [5, 5.41) is 3.15. The van der Waals surface area contributed by atoms with E-state index >= 15 is 0 Å². The van der Waals surface area contributed by atoms with Crippen LogP contribution in [0.15, 0.2) is 36.5 Å². The third-order valence-corrected chi connectivity index (χ3v) is 2.30. The van der Waals surface area contributed by atoms with Crippen molar-refractivity contribution >= 4 is 23.0 Å². The van der Waals surface area contributed by atoms with E-state index in [1.807, 2.05) is 37.3 Å². The van der Waals surface area contributed by atoms with Gasteiger partial charge in [-0.05, 0) is 37.3 Å². The number of aromatic nitrogens is 2. The minimum atomic E-state index is 0.251. The fourth-order valence-electron chi connectivity index (χ4n) is 1.52. The molecule has 4 nitrogen and oxygen atoms in total. The Labute approximate surface area is 105 Å². The maximum atomic E-state index is 5.43. The molecule has 0 saturated carbocycles. The second-order valence-corrected chi connectivity index (χ2v) is 4.00. The van der Waals surface area contributed by atoms with Gasteiger partial charge in [-0.2, -0.15) is 0 Å². The highest BCUT2D eigenvalue weighted by Gasteiger charge is 2.01. The average molecular weight is 244 g/mol. The smallest absolute Gasteiger partial charge is 0.168 e. The number of thiocarbonyl (C=S) groups is 1. The van der Waals surface area contributed by atoms with Gasteiger partial charge in [-0.25, -0.2) is 9.97 Å². The topological polar surface area (TPSA) is 63.8 Å². The molecule has 0 bridgehead atoms. The first-order chi connectivity index (χ1) is 8.15. The lowest BCUT2D eigenvalue weighted by atomic mass is 10.1. The molecule has 1 aromatic carbocycles. The van der Waals surface area contributed by atoms with Gasteiger partial charge in [0.1, 0.15) is 5.82 Å². The molecule has 0 spiro atoms. The van der Waals surface area contributed by atoms with E-state index in [0.717, 1.165) is 22.8 Å². The van der Waals surface area contributed by atoms with Gasteiger partial charge in [-0.3, -0.25) is 0 Å². The van der Waals surface area contributed by atoms with Crippen molar-refractivity contribution in [3.05, 3.63) is 42.4 Å². The van der Waals surface area contributed by atoms with Crippen LogP contribution in [-0.2, 0) is 0 Å². The van der Waals surface area contributed by atoms with E-state index in [4.69, 9.17) is 18.0 Å². The zero-order chi connectivity index (χ0) is 12.3. The van der Waals surface area contributed by atoms with Crippen molar-refractivity contribution < 1.29 is 0 Å². The van der Waals surface area contributed by atoms with E-state index in [-0.39, 0.29) is 5.11 Å². The highest BCUT2D eigenvalue weighted by atomic mass is 32.1. The van der Waals surface area contributed by atoms with Crippen LogP contribution >= 0.6 is 12.2 Å². The Morgan fingerprint density at radius 1 is 1.35 bits per heavy atom. The van der Waals surface area contributed by atoms with Gasteiger partial charge >= 0.3 is 0 Å². The van der Waals surface area contributed by atoms with Crippen LogP contribution in [-0.4, -0.2) is 15.1 Å².